The second-order valence-corrected chi connectivity index (χ2v) is 5.15. The lowest BCUT2D eigenvalue weighted by atomic mass is 9.96. The van der Waals surface area contributed by atoms with Gasteiger partial charge in [0.15, 0.2) is 5.69 Å². The summed E-state index contributed by atoms with van der Waals surface area (Å²) in [6.45, 7) is 7.95. The molecule has 5 nitrogen and oxygen atoms in total. The van der Waals surface area contributed by atoms with Gasteiger partial charge in [0, 0.05) is 22.5 Å². The molecule has 20 heavy (non-hydrogen) atoms. The lowest BCUT2D eigenvalue weighted by Gasteiger charge is -2.09. The molecule has 0 aliphatic heterocycles. The van der Waals surface area contributed by atoms with Crippen LogP contribution in [0.25, 0.3) is 11.3 Å². The number of hydrogen-bond donors (Lipinski definition) is 1. The van der Waals surface area contributed by atoms with Gasteiger partial charge in [-0.2, -0.15) is 5.10 Å². The van der Waals surface area contributed by atoms with Gasteiger partial charge in [-0.15, -0.1) is 0 Å². The van der Waals surface area contributed by atoms with E-state index >= 15 is 0 Å². The van der Waals surface area contributed by atoms with Crippen molar-refractivity contribution in [1.29, 1.82) is 0 Å². The molecule has 0 amide bonds. The fraction of sp³-hybridized carbons (Fsp3) is 0.400. The fourth-order valence-electron chi connectivity index (χ4n) is 2.36. The second-order valence-electron chi connectivity index (χ2n) is 5.15. The number of pyridine rings is 1. The quantitative estimate of drug-likeness (QED) is 0.873. The van der Waals surface area contributed by atoms with Crippen molar-refractivity contribution in [3.63, 3.8) is 0 Å². The predicted molar refractivity (Wildman–Crippen MR) is 76.7 cm³/mol. The number of aromatic nitrogens is 3. The van der Waals surface area contributed by atoms with E-state index in [1.165, 1.54) is 7.11 Å². The monoisotopic (exact) mass is 273 g/mol. The lowest BCUT2D eigenvalue weighted by Crippen LogP contribution is -2.06. The van der Waals surface area contributed by atoms with Gasteiger partial charge < -0.3 is 4.74 Å². The van der Waals surface area contributed by atoms with E-state index in [9.17, 15) is 4.79 Å². The van der Waals surface area contributed by atoms with E-state index in [1.54, 1.807) is 0 Å². The Kier molecular flexibility index (Phi) is 3.88. The number of nitrogens with zero attached hydrogens (tertiary/aromatic N) is 2. The van der Waals surface area contributed by atoms with Crippen LogP contribution in [0.1, 0.15) is 47.2 Å². The number of aromatic amines is 1. The molecule has 0 atom stereocenters. The van der Waals surface area contributed by atoms with Crippen LogP contribution in [0.4, 0.5) is 0 Å². The Balaban J connectivity index is 2.62. The number of carbonyl (C=O) groups excluding carboxylic acids is 1. The minimum absolute atomic E-state index is 0.159. The minimum Gasteiger partial charge on any atom is -0.464 e. The Labute approximate surface area is 118 Å². The maximum absolute atomic E-state index is 11.8. The Bertz CT molecular complexity index is 624. The number of esters is 1. The van der Waals surface area contributed by atoms with Gasteiger partial charge in [-0.3, -0.25) is 10.1 Å². The maximum Gasteiger partial charge on any atom is 0.358 e. The summed E-state index contributed by atoms with van der Waals surface area (Å²) in [5.41, 5.74) is 4.94. The summed E-state index contributed by atoms with van der Waals surface area (Å²) in [6.07, 6.45) is 0. The van der Waals surface area contributed by atoms with Gasteiger partial charge in [0.2, 0.25) is 0 Å². The fourth-order valence-corrected chi connectivity index (χ4v) is 2.36. The van der Waals surface area contributed by atoms with Crippen LogP contribution in [-0.4, -0.2) is 28.3 Å². The molecule has 0 unspecified atom stereocenters. The van der Waals surface area contributed by atoms with E-state index in [4.69, 9.17) is 4.74 Å². The highest BCUT2D eigenvalue weighted by atomic mass is 16.5. The van der Waals surface area contributed by atoms with Gasteiger partial charge in [0.1, 0.15) is 0 Å². The average Bonchev–Trinajstić information content (AvgIpc) is 2.81. The highest BCUT2D eigenvalue weighted by Gasteiger charge is 2.23. The molecule has 2 aromatic heterocycles. The van der Waals surface area contributed by atoms with Crippen molar-refractivity contribution < 1.29 is 9.53 Å². The van der Waals surface area contributed by atoms with Crippen LogP contribution in [0.5, 0.6) is 0 Å². The molecular formula is C15H19N3O2. The molecule has 0 saturated carbocycles. The van der Waals surface area contributed by atoms with Crippen molar-refractivity contribution >= 4 is 5.97 Å². The molecule has 0 aliphatic rings. The molecule has 106 valence electrons. The number of hydrogen-bond acceptors (Lipinski definition) is 4. The third-order valence-electron chi connectivity index (χ3n) is 3.13. The highest BCUT2D eigenvalue weighted by Crippen LogP contribution is 2.30. The summed E-state index contributed by atoms with van der Waals surface area (Å²) >= 11 is 0. The molecular weight excluding hydrogens is 254 g/mol. The third kappa shape index (κ3) is 2.57. The molecule has 0 fully saturated rings. The number of aryl methyl sites for hydroxylation is 2. The van der Waals surface area contributed by atoms with Crippen LogP contribution in [0, 0.1) is 13.8 Å². The molecule has 0 aliphatic carbocycles. The van der Waals surface area contributed by atoms with E-state index in [1.807, 2.05) is 39.8 Å². The van der Waals surface area contributed by atoms with Crippen LogP contribution >= 0.6 is 0 Å². The maximum atomic E-state index is 11.8. The summed E-state index contributed by atoms with van der Waals surface area (Å²) < 4.78 is 4.79. The van der Waals surface area contributed by atoms with Crippen molar-refractivity contribution in [3.05, 3.63) is 34.8 Å². The zero-order chi connectivity index (χ0) is 14.9. The number of carbonyl (C=O) groups is 1. The van der Waals surface area contributed by atoms with Gasteiger partial charge in [0.05, 0.1) is 12.8 Å². The average molecular weight is 273 g/mol. The SMILES string of the molecule is COC(=O)c1n[nH]c(-c2cc(C)nc(C)c2)c1C(C)C. The molecule has 0 radical (unpaired) electrons. The highest BCUT2D eigenvalue weighted by molar-refractivity contribution is 5.91. The summed E-state index contributed by atoms with van der Waals surface area (Å²) in [6, 6.07) is 3.96. The molecule has 2 rings (SSSR count). The van der Waals surface area contributed by atoms with Gasteiger partial charge in [-0.05, 0) is 31.9 Å². The topological polar surface area (TPSA) is 67.9 Å². The predicted octanol–water partition coefficient (Wildman–Crippen LogP) is 3.00. The summed E-state index contributed by atoms with van der Waals surface area (Å²) in [4.78, 5) is 16.2. The first kappa shape index (κ1) is 14.2. The van der Waals surface area contributed by atoms with Crippen LogP contribution in [0.3, 0.4) is 0 Å². The van der Waals surface area contributed by atoms with Gasteiger partial charge in [-0.1, -0.05) is 13.8 Å². The van der Waals surface area contributed by atoms with Gasteiger partial charge in [0.25, 0.3) is 0 Å². The Morgan fingerprint density at radius 2 is 1.85 bits per heavy atom. The Morgan fingerprint density at radius 3 is 2.35 bits per heavy atom. The van der Waals surface area contributed by atoms with Crippen molar-refractivity contribution in [2.24, 2.45) is 0 Å². The van der Waals surface area contributed by atoms with Gasteiger partial charge in [-0.25, -0.2) is 4.79 Å². The van der Waals surface area contributed by atoms with Crippen LogP contribution in [-0.2, 0) is 4.74 Å². The molecule has 0 aromatic carbocycles. The Morgan fingerprint density at radius 1 is 1.25 bits per heavy atom. The summed E-state index contributed by atoms with van der Waals surface area (Å²) in [7, 11) is 1.36. The smallest absolute Gasteiger partial charge is 0.358 e. The summed E-state index contributed by atoms with van der Waals surface area (Å²) in [5.74, 6) is -0.259. The van der Waals surface area contributed by atoms with Crippen LogP contribution in [0.15, 0.2) is 12.1 Å². The third-order valence-corrected chi connectivity index (χ3v) is 3.13. The van der Waals surface area contributed by atoms with Crippen LogP contribution < -0.4 is 0 Å². The second kappa shape index (κ2) is 5.45. The summed E-state index contributed by atoms with van der Waals surface area (Å²) in [5, 5.41) is 7.09. The van der Waals surface area contributed by atoms with E-state index in [0.29, 0.717) is 5.69 Å². The molecule has 0 spiro atoms. The van der Waals surface area contributed by atoms with E-state index < -0.39 is 5.97 Å². The van der Waals surface area contributed by atoms with Crippen LogP contribution in [0.2, 0.25) is 0 Å². The van der Waals surface area contributed by atoms with Crippen molar-refractivity contribution in [2.45, 2.75) is 33.6 Å². The number of rotatable bonds is 3. The molecule has 0 bridgehead atoms. The number of nitrogens with one attached hydrogen (secondary N) is 1. The molecule has 2 aromatic rings. The van der Waals surface area contributed by atoms with E-state index in [-0.39, 0.29) is 5.92 Å². The number of methoxy groups -OCH3 is 1. The Hall–Kier alpha value is -2.17. The van der Waals surface area contributed by atoms with Crippen molar-refractivity contribution in [3.8, 4) is 11.3 Å². The minimum atomic E-state index is -0.418. The first-order valence-corrected chi connectivity index (χ1v) is 6.56. The standard InChI is InChI=1S/C15H19N3O2/c1-8(2)12-13(17-18-14(12)15(19)20-5)11-6-9(3)16-10(4)7-11/h6-8H,1-5H3,(H,17,18). The molecule has 1 N–H and O–H groups in total. The lowest BCUT2D eigenvalue weighted by molar-refractivity contribution is 0.0592. The zero-order valence-corrected chi connectivity index (χ0v) is 12.4. The van der Waals surface area contributed by atoms with Gasteiger partial charge >= 0.3 is 5.97 Å². The number of ether oxygens (including phenoxy) is 1. The van der Waals surface area contributed by atoms with E-state index in [0.717, 1.165) is 28.2 Å². The molecule has 0 saturated heterocycles. The number of H-pyrrole nitrogens is 1. The molecule has 2 heterocycles. The first-order chi connectivity index (χ1) is 9.43. The van der Waals surface area contributed by atoms with Crippen molar-refractivity contribution in [2.75, 3.05) is 7.11 Å². The zero-order valence-electron chi connectivity index (χ0n) is 12.4. The van der Waals surface area contributed by atoms with E-state index in [2.05, 4.69) is 15.2 Å². The largest absolute Gasteiger partial charge is 0.464 e. The normalized spacial score (nSPS) is 10.9. The first-order valence-electron chi connectivity index (χ1n) is 6.56. The van der Waals surface area contributed by atoms with Crippen molar-refractivity contribution in [1.82, 2.24) is 15.2 Å². The molecule has 5 heteroatoms.